The number of allylic oxidation sites excluding steroid dienone is 1. The van der Waals surface area contributed by atoms with Gasteiger partial charge in [-0.1, -0.05) is 30.7 Å². The molecule has 44 heavy (non-hydrogen) atoms. The molecule has 1 spiro atoms. The van der Waals surface area contributed by atoms with E-state index in [9.17, 15) is 13.2 Å². The minimum Gasteiger partial charge on any atom is -0.490 e. The predicted molar refractivity (Wildman–Crippen MR) is 170 cm³/mol. The first-order valence-electron chi connectivity index (χ1n) is 15.5. The lowest BCUT2D eigenvalue weighted by atomic mass is 9.70. The lowest BCUT2D eigenvalue weighted by Gasteiger charge is -2.48. The minimum atomic E-state index is -4.03. The van der Waals surface area contributed by atoms with Gasteiger partial charge in [0.2, 0.25) is 10.0 Å². The summed E-state index contributed by atoms with van der Waals surface area (Å²) in [6, 6.07) is 10.7. The van der Waals surface area contributed by atoms with Crippen LogP contribution in [0.5, 0.6) is 5.75 Å². The molecule has 238 valence electrons. The van der Waals surface area contributed by atoms with E-state index in [0.29, 0.717) is 30.5 Å². The Morgan fingerprint density at radius 1 is 1.20 bits per heavy atom. The summed E-state index contributed by atoms with van der Waals surface area (Å²) in [5.74, 6) is -0.797. The van der Waals surface area contributed by atoms with E-state index in [2.05, 4.69) is 20.6 Å². The van der Waals surface area contributed by atoms with Crippen LogP contribution in [-0.4, -0.2) is 76.5 Å². The summed E-state index contributed by atoms with van der Waals surface area (Å²) in [7, 11) is -2.46. The Morgan fingerprint density at radius 2 is 2.02 bits per heavy atom. The number of ether oxygens (including phenoxy) is 2. The highest BCUT2D eigenvalue weighted by atomic mass is 35.5. The molecule has 6 rings (SSSR count). The van der Waals surface area contributed by atoms with Crippen LogP contribution in [0, 0.1) is 5.92 Å². The number of aryl methyl sites for hydroxylation is 1. The Balaban J connectivity index is 1.44. The second-order valence-corrected chi connectivity index (χ2v) is 15.4. The Hall–Kier alpha value is -2.66. The van der Waals surface area contributed by atoms with Gasteiger partial charge < -0.3 is 14.4 Å². The second kappa shape index (κ2) is 12.3. The van der Waals surface area contributed by atoms with Crippen molar-refractivity contribution in [1.82, 2.24) is 9.62 Å². The molecule has 4 aliphatic rings. The molecule has 5 atom stereocenters. The molecule has 0 aromatic heterocycles. The highest BCUT2D eigenvalue weighted by Crippen LogP contribution is 2.45. The lowest BCUT2D eigenvalue weighted by molar-refractivity contribution is 0.0116. The number of methoxy groups -OCH3 is 1. The number of hydrogen-bond donors (Lipinski definition) is 1. The summed E-state index contributed by atoms with van der Waals surface area (Å²) in [5.41, 5.74) is 3.10. The fourth-order valence-electron chi connectivity index (χ4n) is 7.28. The standard InChI is InChI=1S/C33H41ClFN3O5S/c1-21-6-10-28(35)30(18-42-3)38-14-12-26(38)17-37-19-33(13-4-5-23-15-25(34)8-9-27(23)33)20-43-31-11-7-24(16-29(31)37)32(39)36-44(40,41)22(21)2/h7-11,15-16,21-22,26,30H,4-6,12-14,17-20H2,1-3H3,(H,36,39)/b28-10-/t21-,22+,26-,30-,33-/m0/s1. The molecule has 1 saturated heterocycles. The van der Waals surface area contributed by atoms with Gasteiger partial charge in [-0.3, -0.25) is 9.69 Å². The molecule has 1 N–H and O–H groups in total. The number of fused-ring (bicyclic) bond motifs is 4. The van der Waals surface area contributed by atoms with E-state index in [0.717, 1.165) is 37.9 Å². The highest BCUT2D eigenvalue weighted by Gasteiger charge is 2.44. The summed E-state index contributed by atoms with van der Waals surface area (Å²) < 4.78 is 56.6. The maximum atomic E-state index is 15.8. The molecule has 1 amide bonds. The van der Waals surface area contributed by atoms with Crippen LogP contribution < -0.4 is 14.4 Å². The maximum absolute atomic E-state index is 15.8. The zero-order valence-electron chi connectivity index (χ0n) is 25.5. The number of sulfonamides is 1. The number of carbonyl (C=O) groups excluding carboxylic acids is 1. The van der Waals surface area contributed by atoms with Crippen molar-refractivity contribution < 1.29 is 27.1 Å². The van der Waals surface area contributed by atoms with Crippen LogP contribution in [0.1, 0.15) is 61.0 Å². The number of benzene rings is 2. The molecule has 3 aliphatic heterocycles. The first-order chi connectivity index (χ1) is 21.0. The van der Waals surface area contributed by atoms with Crippen molar-refractivity contribution in [2.24, 2.45) is 5.92 Å². The van der Waals surface area contributed by atoms with E-state index in [4.69, 9.17) is 21.1 Å². The van der Waals surface area contributed by atoms with Crippen LogP contribution in [0.4, 0.5) is 10.1 Å². The Morgan fingerprint density at radius 3 is 2.77 bits per heavy atom. The molecule has 11 heteroatoms. The van der Waals surface area contributed by atoms with Gasteiger partial charge in [-0.2, -0.15) is 0 Å². The van der Waals surface area contributed by atoms with Gasteiger partial charge in [0.15, 0.2) is 0 Å². The van der Waals surface area contributed by atoms with Crippen LogP contribution in [0.15, 0.2) is 48.3 Å². The largest absolute Gasteiger partial charge is 0.490 e. The second-order valence-electron chi connectivity index (χ2n) is 12.9. The molecular weight excluding hydrogens is 605 g/mol. The van der Waals surface area contributed by atoms with Crippen LogP contribution >= 0.6 is 11.6 Å². The molecule has 1 fully saturated rings. The monoisotopic (exact) mass is 645 g/mol. The molecule has 0 radical (unpaired) electrons. The number of rotatable bonds is 2. The third-order valence-electron chi connectivity index (χ3n) is 10.2. The van der Waals surface area contributed by atoms with E-state index < -0.39 is 33.1 Å². The SMILES string of the molecule is COC[C@H]1/C(F)=C/C[C@H](C)[C@@H](C)S(=O)(=O)NC(=O)c2ccc3c(c2)N(C[C@@H]2CCN21)C[C@@]1(CCCc2cc(Cl)ccc21)CO3. The minimum absolute atomic E-state index is 0.0488. The zero-order chi connectivity index (χ0) is 31.2. The van der Waals surface area contributed by atoms with Crippen LogP contribution in [0.25, 0.3) is 0 Å². The van der Waals surface area contributed by atoms with Crippen molar-refractivity contribution in [3.63, 3.8) is 0 Å². The first-order valence-corrected chi connectivity index (χ1v) is 17.4. The molecule has 2 aromatic carbocycles. The average molecular weight is 646 g/mol. The van der Waals surface area contributed by atoms with Gasteiger partial charge in [-0.25, -0.2) is 17.5 Å². The number of nitrogens with one attached hydrogen (secondary N) is 1. The van der Waals surface area contributed by atoms with E-state index >= 15 is 4.39 Å². The number of anilines is 1. The van der Waals surface area contributed by atoms with E-state index in [-0.39, 0.29) is 35.9 Å². The topological polar surface area (TPSA) is 88.2 Å². The van der Waals surface area contributed by atoms with E-state index in [1.54, 1.807) is 39.2 Å². The van der Waals surface area contributed by atoms with Gasteiger partial charge in [0, 0.05) is 48.8 Å². The van der Waals surface area contributed by atoms with Gasteiger partial charge in [0.25, 0.3) is 5.91 Å². The smallest absolute Gasteiger partial charge is 0.264 e. The molecule has 0 saturated carbocycles. The van der Waals surface area contributed by atoms with Crippen molar-refractivity contribution >= 4 is 33.2 Å². The maximum Gasteiger partial charge on any atom is 0.264 e. The summed E-state index contributed by atoms with van der Waals surface area (Å²) in [4.78, 5) is 17.8. The van der Waals surface area contributed by atoms with Gasteiger partial charge >= 0.3 is 0 Å². The predicted octanol–water partition coefficient (Wildman–Crippen LogP) is 5.24. The third-order valence-corrected chi connectivity index (χ3v) is 12.3. The van der Waals surface area contributed by atoms with Crippen molar-refractivity contribution in [1.29, 1.82) is 0 Å². The van der Waals surface area contributed by atoms with E-state index in [1.807, 2.05) is 12.1 Å². The molecule has 1 aliphatic carbocycles. The first kappa shape index (κ1) is 31.3. The molecule has 2 bridgehead atoms. The molecule has 3 heterocycles. The van der Waals surface area contributed by atoms with Crippen molar-refractivity contribution in [3.05, 3.63) is 70.0 Å². The van der Waals surface area contributed by atoms with Crippen molar-refractivity contribution in [3.8, 4) is 5.75 Å². The molecule has 0 unspecified atom stereocenters. The zero-order valence-corrected chi connectivity index (χ0v) is 27.1. The fraction of sp³-hybridized carbons (Fsp3) is 0.545. The summed E-state index contributed by atoms with van der Waals surface area (Å²) in [6.45, 7) is 5.90. The fourth-order valence-corrected chi connectivity index (χ4v) is 8.76. The molecule has 2 aromatic rings. The van der Waals surface area contributed by atoms with Gasteiger partial charge in [-0.15, -0.1) is 0 Å². The summed E-state index contributed by atoms with van der Waals surface area (Å²) in [6.07, 6.45) is 5.46. The van der Waals surface area contributed by atoms with Gasteiger partial charge in [-0.05, 0) is 86.4 Å². The molecule has 8 nitrogen and oxygen atoms in total. The number of amides is 1. The third kappa shape index (κ3) is 5.86. The number of nitrogens with zero attached hydrogens (tertiary/aromatic N) is 2. The molecular formula is C33H41ClFN3O5S. The normalized spacial score (nSPS) is 31.8. The Kier molecular flexibility index (Phi) is 8.73. The van der Waals surface area contributed by atoms with Crippen molar-refractivity contribution in [2.75, 3.05) is 44.9 Å². The average Bonchev–Trinajstić information content (AvgIpc) is 3.13. The van der Waals surface area contributed by atoms with Gasteiger partial charge in [0.1, 0.15) is 11.6 Å². The van der Waals surface area contributed by atoms with Gasteiger partial charge in [0.05, 0.1) is 30.2 Å². The van der Waals surface area contributed by atoms with E-state index in [1.165, 1.54) is 17.2 Å². The number of halogens is 2. The Labute approximate surface area is 264 Å². The quantitative estimate of drug-likeness (QED) is 0.478. The van der Waals surface area contributed by atoms with Crippen LogP contribution in [0.3, 0.4) is 0 Å². The summed E-state index contributed by atoms with van der Waals surface area (Å²) >= 11 is 6.39. The summed E-state index contributed by atoms with van der Waals surface area (Å²) in [5, 5.41) is -0.205. The lowest BCUT2D eigenvalue weighted by Crippen LogP contribution is -2.60. The highest BCUT2D eigenvalue weighted by molar-refractivity contribution is 7.90. The van der Waals surface area contributed by atoms with Crippen LogP contribution in [-0.2, 0) is 26.6 Å². The van der Waals surface area contributed by atoms with Crippen molar-refractivity contribution in [2.45, 2.75) is 68.7 Å². The number of hydrogen-bond acceptors (Lipinski definition) is 7. The van der Waals surface area contributed by atoms with Crippen LogP contribution in [0.2, 0.25) is 5.02 Å². The number of carbonyl (C=O) groups is 1. The Bertz CT molecular complexity index is 1570.